The lowest BCUT2D eigenvalue weighted by atomic mass is 9.83. The van der Waals surface area contributed by atoms with Gasteiger partial charge in [0.25, 0.3) is 0 Å². The largest absolute Gasteiger partial charge is 0.353 e. The minimum atomic E-state index is 0. The van der Waals surface area contributed by atoms with Crippen molar-refractivity contribution in [2.45, 2.75) is 89.4 Å². The monoisotopic (exact) mass is 527 g/mol. The van der Waals surface area contributed by atoms with Crippen molar-refractivity contribution in [3.63, 3.8) is 0 Å². The second-order valence-electron chi connectivity index (χ2n) is 9.66. The minimum Gasteiger partial charge on any atom is -0.353 e. The fraction of sp³-hybridized carbons (Fsp3) is 0.864. The van der Waals surface area contributed by atoms with Crippen LogP contribution in [-0.4, -0.2) is 68.3 Å². The number of rotatable bonds is 4. The van der Waals surface area contributed by atoms with Gasteiger partial charge < -0.3 is 14.8 Å². The van der Waals surface area contributed by atoms with Crippen LogP contribution in [0.3, 0.4) is 0 Å². The van der Waals surface area contributed by atoms with Gasteiger partial charge in [0.2, 0.25) is 0 Å². The number of aryl methyl sites for hydroxylation is 1. The van der Waals surface area contributed by atoms with Gasteiger partial charge in [-0.2, -0.15) is 0 Å². The van der Waals surface area contributed by atoms with E-state index >= 15 is 0 Å². The first-order valence-corrected chi connectivity index (χ1v) is 11.9. The Morgan fingerprint density at radius 1 is 1.03 bits per heavy atom. The second-order valence-corrected chi connectivity index (χ2v) is 9.66. The van der Waals surface area contributed by atoms with Crippen molar-refractivity contribution in [3.8, 4) is 0 Å². The molecule has 0 radical (unpaired) electrons. The Bertz CT molecular complexity index is 738. The lowest BCUT2D eigenvalue weighted by Gasteiger charge is -2.48. The summed E-state index contributed by atoms with van der Waals surface area (Å²) < 4.78 is 2.05. The van der Waals surface area contributed by atoms with Crippen molar-refractivity contribution < 1.29 is 0 Å². The van der Waals surface area contributed by atoms with Gasteiger partial charge in [-0.3, -0.25) is 4.90 Å². The summed E-state index contributed by atoms with van der Waals surface area (Å²) in [7, 11) is 2.03. The summed E-state index contributed by atoms with van der Waals surface area (Å²) >= 11 is 0. The van der Waals surface area contributed by atoms with Crippen LogP contribution < -0.4 is 5.32 Å². The maximum Gasteiger partial charge on any atom is 0.194 e. The molecule has 168 valence electrons. The highest BCUT2D eigenvalue weighted by atomic mass is 127. The van der Waals surface area contributed by atoms with Gasteiger partial charge >= 0.3 is 0 Å². The summed E-state index contributed by atoms with van der Waals surface area (Å²) in [6, 6.07) is 2.29. The van der Waals surface area contributed by atoms with E-state index in [1.807, 2.05) is 14.0 Å². The molecule has 7 nitrogen and oxygen atoms in total. The number of hydrogen-bond acceptors (Lipinski definition) is 4. The first-order valence-electron chi connectivity index (χ1n) is 11.9. The molecule has 1 aromatic rings. The second kappa shape index (κ2) is 9.71. The van der Waals surface area contributed by atoms with Crippen LogP contribution in [0.15, 0.2) is 4.99 Å². The Kier molecular flexibility index (Phi) is 7.22. The zero-order chi connectivity index (χ0) is 19.8. The number of likely N-dealkylation sites (tertiary alicyclic amines) is 2. The molecule has 8 heteroatoms. The summed E-state index contributed by atoms with van der Waals surface area (Å²) in [6.45, 7) is 6.21. The SMILES string of the molecule is Cc1nnc(CN=C(NC2CCCC2)N2CCC3C(CCCN3C3CC3)C2)n1C.I. The average molecular weight is 527 g/mol. The van der Waals surface area contributed by atoms with Crippen molar-refractivity contribution in [2.75, 3.05) is 19.6 Å². The molecule has 2 saturated heterocycles. The smallest absolute Gasteiger partial charge is 0.194 e. The van der Waals surface area contributed by atoms with Crippen LogP contribution in [0.2, 0.25) is 0 Å². The number of halogens is 1. The van der Waals surface area contributed by atoms with Crippen LogP contribution in [0.1, 0.15) is 69.4 Å². The molecule has 2 aliphatic carbocycles. The van der Waals surface area contributed by atoms with E-state index in [1.54, 1.807) is 0 Å². The number of guanidine groups is 1. The van der Waals surface area contributed by atoms with Gasteiger partial charge in [0.1, 0.15) is 12.4 Å². The number of piperidine rings is 2. The zero-order valence-electron chi connectivity index (χ0n) is 18.6. The first-order chi connectivity index (χ1) is 14.2. The fourth-order valence-corrected chi connectivity index (χ4v) is 5.72. The molecular weight excluding hydrogens is 489 g/mol. The summed E-state index contributed by atoms with van der Waals surface area (Å²) in [5, 5.41) is 12.3. The van der Waals surface area contributed by atoms with Crippen LogP contribution in [0.25, 0.3) is 0 Å². The van der Waals surface area contributed by atoms with Crippen LogP contribution in [-0.2, 0) is 13.6 Å². The van der Waals surface area contributed by atoms with Crippen LogP contribution in [0.4, 0.5) is 0 Å². The molecule has 3 heterocycles. The van der Waals surface area contributed by atoms with Crippen molar-refractivity contribution >= 4 is 29.9 Å². The fourth-order valence-electron chi connectivity index (χ4n) is 5.72. The van der Waals surface area contributed by atoms with Gasteiger partial charge in [-0.1, -0.05) is 12.8 Å². The molecule has 2 aliphatic heterocycles. The van der Waals surface area contributed by atoms with Crippen LogP contribution in [0, 0.1) is 12.8 Å². The van der Waals surface area contributed by atoms with E-state index in [2.05, 4.69) is 29.9 Å². The number of nitrogens with zero attached hydrogens (tertiary/aromatic N) is 6. The van der Waals surface area contributed by atoms with E-state index in [4.69, 9.17) is 4.99 Å². The number of hydrogen-bond donors (Lipinski definition) is 1. The highest BCUT2D eigenvalue weighted by Crippen LogP contribution is 2.38. The normalized spacial score (nSPS) is 28.3. The molecule has 2 saturated carbocycles. The van der Waals surface area contributed by atoms with Crippen LogP contribution >= 0.6 is 24.0 Å². The molecular formula is C22H38IN7. The number of fused-ring (bicyclic) bond motifs is 1. The summed E-state index contributed by atoms with van der Waals surface area (Å²) in [5.41, 5.74) is 0. The summed E-state index contributed by atoms with van der Waals surface area (Å²) in [6.07, 6.45) is 12.1. The molecule has 0 spiro atoms. The number of aromatic nitrogens is 3. The Morgan fingerprint density at radius 2 is 1.83 bits per heavy atom. The standard InChI is InChI=1S/C22H37N7.HI/c1-16-25-26-21(27(16)2)14-23-22(24-18-7-3-4-8-18)28-13-11-20-17(15-28)6-5-12-29(20)19-9-10-19;/h17-20H,3-15H2,1-2H3,(H,23,24);1H. The summed E-state index contributed by atoms with van der Waals surface area (Å²) in [5.74, 6) is 3.80. The van der Waals surface area contributed by atoms with E-state index in [1.165, 1.54) is 64.3 Å². The molecule has 4 aliphatic rings. The molecule has 1 aromatic heterocycles. The van der Waals surface area contributed by atoms with Crippen molar-refractivity contribution in [2.24, 2.45) is 18.0 Å². The molecule has 2 atom stereocenters. The lowest BCUT2D eigenvalue weighted by Crippen LogP contribution is -2.58. The molecule has 2 unspecified atom stereocenters. The van der Waals surface area contributed by atoms with Gasteiger partial charge in [-0.15, -0.1) is 34.2 Å². The minimum absolute atomic E-state index is 0. The molecule has 0 amide bonds. The van der Waals surface area contributed by atoms with Crippen molar-refractivity contribution in [1.82, 2.24) is 29.9 Å². The third kappa shape index (κ3) is 4.79. The number of aliphatic imine (C=N–C) groups is 1. The maximum atomic E-state index is 5.05. The Hall–Kier alpha value is -0.900. The highest BCUT2D eigenvalue weighted by molar-refractivity contribution is 14.0. The van der Waals surface area contributed by atoms with E-state index in [9.17, 15) is 0 Å². The van der Waals surface area contributed by atoms with E-state index < -0.39 is 0 Å². The molecule has 30 heavy (non-hydrogen) atoms. The third-order valence-electron chi connectivity index (χ3n) is 7.67. The van der Waals surface area contributed by atoms with Gasteiger partial charge in [0.05, 0.1) is 0 Å². The first kappa shape index (κ1) is 22.3. The van der Waals surface area contributed by atoms with Crippen molar-refractivity contribution in [3.05, 3.63) is 11.6 Å². The molecule has 0 aromatic carbocycles. The Balaban J connectivity index is 0.00000218. The molecule has 0 bridgehead atoms. The molecule has 5 rings (SSSR count). The molecule has 1 N–H and O–H groups in total. The Labute approximate surface area is 198 Å². The van der Waals surface area contributed by atoms with Gasteiger partial charge in [0.15, 0.2) is 11.8 Å². The maximum absolute atomic E-state index is 5.05. The molecule has 4 fully saturated rings. The van der Waals surface area contributed by atoms with E-state index in [0.29, 0.717) is 12.6 Å². The van der Waals surface area contributed by atoms with Gasteiger partial charge in [0, 0.05) is 38.3 Å². The van der Waals surface area contributed by atoms with E-state index in [0.717, 1.165) is 48.7 Å². The number of nitrogens with one attached hydrogen (secondary N) is 1. The van der Waals surface area contributed by atoms with Gasteiger partial charge in [-0.25, -0.2) is 4.99 Å². The zero-order valence-corrected chi connectivity index (χ0v) is 20.9. The summed E-state index contributed by atoms with van der Waals surface area (Å²) in [4.78, 5) is 10.5. The van der Waals surface area contributed by atoms with Crippen LogP contribution in [0.5, 0.6) is 0 Å². The van der Waals surface area contributed by atoms with Crippen molar-refractivity contribution in [1.29, 1.82) is 0 Å². The lowest BCUT2D eigenvalue weighted by molar-refractivity contribution is 0.0367. The highest BCUT2D eigenvalue weighted by Gasteiger charge is 2.42. The van der Waals surface area contributed by atoms with E-state index in [-0.39, 0.29) is 24.0 Å². The quantitative estimate of drug-likeness (QED) is 0.371. The predicted octanol–water partition coefficient (Wildman–Crippen LogP) is 3.08. The predicted molar refractivity (Wildman–Crippen MR) is 130 cm³/mol. The third-order valence-corrected chi connectivity index (χ3v) is 7.67. The topological polar surface area (TPSA) is 61.6 Å². The average Bonchev–Trinajstić information content (AvgIpc) is 3.37. The Morgan fingerprint density at radius 3 is 2.53 bits per heavy atom. The van der Waals surface area contributed by atoms with Gasteiger partial charge in [-0.05, 0) is 64.3 Å².